The van der Waals surface area contributed by atoms with E-state index in [1.165, 1.54) is 11.1 Å². The van der Waals surface area contributed by atoms with E-state index < -0.39 is 9.84 Å². The van der Waals surface area contributed by atoms with Gasteiger partial charge in [0, 0.05) is 5.33 Å². The van der Waals surface area contributed by atoms with Gasteiger partial charge in [-0.15, -0.1) is 0 Å². The van der Waals surface area contributed by atoms with Gasteiger partial charge in [0.25, 0.3) is 0 Å². The number of hydrogen-bond acceptors (Lipinski definition) is 2. The lowest BCUT2D eigenvalue weighted by atomic mass is 10.1. The molecule has 0 atom stereocenters. The lowest BCUT2D eigenvalue weighted by molar-refractivity contribution is 0.591. The fourth-order valence-electron chi connectivity index (χ4n) is 2.42. The maximum Gasteiger partial charge on any atom is 0.178 e. The summed E-state index contributed by atoms with van der Waals surface area (Å²) in [5.74, 6) is 0.277. The van der Waals surface area contributed by atoms with Gasteiger partial charge in [0.15, 0.2) is 9.84 Å². The molecule has 0 saturated carbocycles. The normalized spacial score (nSPS) is 14.7. The Hall–Kier alpha value is -0.350. The van der Waals surface area contributed by atoms with Crippen molar-refractivity contribution in [2.75, 3.05) is 11.1 Å². The first-order valence-corrected chi connectivity index (χ1v) is 9.31. The molecule has 1 aliphatic carbocycles. The Balaban J connectivity index is 2.05. The summed E-state index contributed by atoms with van der Waals surface area (Å²) in [5.41, 5.74) is 2.56. The summed E-state index contributed by atoms with van der Waals surface area (Å²) in [6.07, 6.45) is 6.05. The largest absolute Gasteiger partial charge is 0.224 e. The van der Waals surface area contributed by atoms with E-state index in [0.717, 1.165) is 43.9 Å². The summed E-state index contributed by atoms with van der Waals surface area (Å²) >= 11 is 3.36. The highest BCUT2D eigenvalue weighted by Crippen LogP contribution is 2.25. The fourth-order valence-corrected chi connectivity index (χ4v) is 4.24. The van der Waals surface area contributed by atoms with Gasteiger partial charge in [0.05, 0.1) is 10.6 Å². The first-order valence-electron chi connectivity index (χ1n) is 6.54. The highest BCUT2D eigenvalue weighted by Gasteiger charge is 2.18. The molecule has 0 spiro atoms. The molecule has 100 valence electrons. The van der Waals surface area contributed by atoms with Gasteiger partial charge in [-0.1, -0.05) is 28.4 Å². The topological polar surface area (TPSA) is 34.1 Å². The van der Waals surface area contributed by atoms with Gasteiger partial charge >= 0.3 is 0 Å². The van der Waals surface area contributed by atoms with Crippen molar-refractivity contribution in [3.05, 3.63) is 29.3 Å². The van der Waals surface area contributed by atoms with Crippen LogP contribution in [0.15, 0.2) is 23.1 Å². The minimum absolute atomic E-state index is 0.277. The van der Waals surface area contributed by atoms with E-state index in [1.54, 1.807) is 6.07 Å². The molecule has 0 heterocycles. The van der Waals surface area contributed by atoms with Crippen LogP contribution in [0.3, 0.4) is 0 Å². The third-order valence-electron chi connectivity index (χ3n) is 3.48. The van der Waals surface area contributed by atoms with E-state index >= 15 is 0 Å². The van der Waals surface area contributed by atoms with E-state index in [0.29, 0.717) is 4.90 Å². The quantitative estimate of drug-likeness (QED) is 0.590. The molecule has 2 nitrogen and oxygen atoms in total. The van der Waals surface area contributed by atoms with Crippen molar-refractivity contribution in [2.24, 2.45) is 0 Å². The van der Waals surface area contributed by atoms with Gasteiger partial charge in [0.2, 0.25) is 0 Å². The molecular weight excluding hydrogens is 312 g/mol. The van der Waals surface area contributed by atoms with E-state index in [9.17, 15) is 8.42 Å². The number of sulfone groups is 1. The number of halogens is 1. The molecule has 1 aromatic rings. The molecule has 0 unspecified atom stereocenters. The Kier molecular flexibility index (Phi) is 4.84. The SMILES string of the molecule is O=S(=O)(CCCCCBr)c1ccc2c(c1)CCC2. The second-order valence-electron chi connectivity index (χ2n) is 4.85. The second kappa shape index (κ2) is 6.20. The minimum atomic E-state index is -3.08. The summed E-state index contributed by atoms with van der Waals surface area (Å²) in [7, 11) is -3.08. The molecule has 1 aliphatic rings. The zero-order valence-corrected chi connectivity index (χ0v) is 12.9. The van der Waals surface area contributed by atoms with Gasteiger partial charge in [0.1, 0.15) is 0 Å². The highest BCUT2D eigenvalue weighted by molar-refractivity contribution is 9.09. The van der Waals surface area contributed by atoms with E-state index in [2.05, 4.69) is 15.9 Å². The van der Waals surface area contributed by atoms with Crippen LogP contribution in [-0.4, -0.2) is 19.5 Å². The van der Waals surface area contributed by atoms with Crippen LogP contribution < -0.4 is 0 Å². The molecule has 18 heavy (non-hydrogen) atoms. The Bertz CT molecular complexity index is 509. The monoisotopic (exact) mass is 330 g/mol. The highest BCUT2D eigenvalue weighted by atomic mass is 79.9. The summed E-state index contributed by atoms with van der Waals surface area (Å²) in [5, 5.41) is 0.950. The van der Waals surface area contributed by atoms with Crippen molar-refractivity contribution >= 4 is 25.8 Å². The summed E-state index contributed by atoms with van der Waals surface area (Å²) < 4.78 is 24.4. The number of aryl methyl sites for hydroxylation is 2. The molecule has 4 heteroatoms. The number of benzene rings is 1. The van der Waals surface area contributed by atoms with Crippen LogP contribution in [0, 0.1) is 0 Å². The van der Waals surface area contributed by atoms with Crippen LogP contribution >= 0.6 is 15.9 Å². The molecule has 0 saturated heterocycles. The number of unbranched alkanes of at least 4 members (excludes halogenated alkanes) is 2. The zero-order valence-electron chi connectivity index (χ0n) is 10.5. The van der Waals surface area contributed by atoms with Crippen molar-refractivity contribution in [2.45, 2.75) is 43.4 Å². The number of fused-ring (bicyclic) bond motifs is 1. The Labute approximate surface area is 118 Å². The van der Waals surface area contributed by atoms with Crippen LogP contribution in [0.1, 0.15) is 36.8 Å². The first-order chi connectivity index (χ1) is 8.63. The van der Waals surface area contributed by atoms with Gasteiger partial charge in [-0.05, 0) is 55.4 Å². The van der Waals surface area contributed by atoms with E-state index in [1.807, 2.05) is 12.1 Å². The summed E-state index contributed by atoms with van der Waals surface area (Å²) in [6, 6.07) is 5.67. The third-order valence-corrected chi connectivity index (χ3v) is 5.83. The summed E-state index contributed by atoms with van der Waals surface area (Å²) in [6.45, 7) is 0. The van der Waals surface area contributed by atoms with Crippen molar-refractivity contribution in [1.29, 1.82) is 0 Å². The zero-order chi connectivity index (χ0) is 13.0. The molecule has 0 radical (unpaired) electrons. The first kappa shape index (κ1) is 14.1. The Morgan fingerprint density at radius 3 is 2.61 bits per heavy atom. The van der Waals surface area contributed by atoms with E-state index in [-0.39, 0.29) is 5.75 Å². The van der Waals surface area contributed by atoms with Crippen LogP contribution in [0.4, 0.5) is 0 Å². The van der Waals surface area contributed by atoms with E-state index in [4.69, 9.17) is 0 Å². The Morgan fingerprint density at radius 1 is 1.06 bits per heavy atom. The predicted molar refractivity (Wildman–Crippen MR) is 78.2 cm³/mol. The molecule has 1 aromatic carbocycles. The van der Waals surface area contributed by atoms with Crippen molar-refractivity contribution < 1.29 is 8.42 Å². The molecule has 2 rings (SSSR count). The molecular formula is C14H19BrO2S. The summed E-state index contributed by atoms with van der Waals surface area (Å²) in [4.78, 5) is 0.516. The number of alkyl halides is 1. The van der Waals surface area contributed by atoms with Gasteiger partial charge < -0.3 is 0 Å². The molecule has 0 N–H and O–H groups in total. The van der Waals surface area contributed by atoms with Crippen LogP contribution in [0.25, 0.3) is 0 Å². The van der Waals surface area contributed by atoms with Crippen LogP contribution in [-0.2, 0) is 22.7 Å². The average molecular weight is 331 g/mol. The molecule has 0 aliphatic heterocycles. The van der Waals surface area contributed by atoms with Gasteiger partial charge in [-0.2, -0.15) is 0 Å². The third kappa shape index (κ3) is 3.35. The lowest BCUT2D eigenvalue weighted by Gasteiger charge is -2.06. The molecule has 0 amide bonds. The Morgan fingerprint density at radius 2 is 1.83 bits per heavy atom. The van der Waals surface area contributed by atoms with Crippen molar-refractivity contribution in [1.82, 2.24) is 0 Å². The maximum absolute atomic E-state index is 12.2. The standard InChI is InChI=1S/C14H19BrO2S/c15-9-2-1-3-10-18(16,17)14-8-7-12-5-4-6-13(12)11-14/h7-8,11H,1-6,9-10H2. The fraction of sp³-hybridized carbons (Fsp3) is 0.571. The minimum Gasteiger partial charge on any atom is -0.224 e. The number of hydrogen-bond donors (Lipinski definition) is 0. The van der Waals surface area contributed by atoms with Crippen LogP contribution in [0.5, 0.6) is 0 Å². The van der Waals surface area contributed by atoms with Crippen molar-refractivity contribution in [3.8, 4) is 0 Å². The average Bonchev–Trinajstić information content (AvgIpc) is 2.82. The number of rotatable bonds is 6. The van der Waals surface area contributed by atoms with Gasteiger partial charge in [-0.25, -0.2) is 8.42 Å². The van der Waals surface area contributed by atoms with Crippen molar-refractivity contribution in [3.63, 3.8) is 0 Å². The lowest BCUT2D eigenvalue weighted by Crippen LogP contribution is -2.07. The molecule has 0 bridgehead atoms. The van der Waals surface area contributed by atoms with Gasteiger partial charge in [-0.3, -0.25) is 0 Å². The second-order valence-corrected chi connectivity index (χ2v) is 7.75. The van der Waals surface area contributed by atoms with Crippen LogP contribution in [0.2, 0.25) is 0 Å². The smallest absolute Gasteiger partial charge is 0.178 e. The maximum atomic E-state index is 12.2. The molecule has 0 fully saturated rings. The predicted octanol–water partition coefficient (Wildman–Crippen LogP) is 3.51. The molecule has 0 aromatic heterocycles.